The Labute approximate surface area is 184 Å². The molecule has 168 valence electrons. The Kier molecular flexibility index (Phi) is 6.90. The molecular formula is C24H35N5O2. The molecule has 1 aromatic carbocycles. The van der Waals surface area contributed by atoms with Crippen LogP contribution in [0.4, 0.5) is 0 Å². The van der Waals surface area contributed by atoms with Crippen molar-refractivity contribution in [1.82, 2.24) is 24.6 Å². The maximum atomic E-state index is 12.9. The number of nitrogens with zero attached hydrogens (tertiary/aromatic N) is 4. The quantitative estimate of drug-likeness (QED) is 0.692. The van der Waals surface area contributed by atoms with E-state index >= 15 is 0 Å². The van der Waals surface area contributed by atoms with E-state index in [4.69, 9.17) is 0 Å². The molecule has 2 aliphatic rings. The first-order chi connectivity index (χ1) is 15.0. The van der Waals surface area contributed by atoms with E-state index in [1.54, 1.807) is 4.57 Å². The van der Waals surface area contributed by atoms with Crippen molar-refractivity contribution in [2.75, 3.05) is 26.2 Å². The van der Waals surface area contributed by atoms with Crippen LogP contribution in [0.25, 0.3) is 0 Å². The summed E-state index contributed by atoms with van der Waals surface area (Å²) in [6.45, 7) is 9.27. The van der Waals surface area contributed by atoms with Gasteiger partial charge in [-0.3, -0.25) is 9.36 Å². The lowest BCUT2D eigenvalue weighted by Gasteiger charge is -2.26. The third-order valence-electron chi connectivity index (χ3n) is 6.68. The fourth-order valence-electron chi connectivity index (χ4n) is 4.81. The van der Waals surface area contributed by atoms with Crippen LogP contribution in [0.3, 0.4) is 0 Å². The standard InChI is InChI=1S/C24H35N5O2/c1-18-9-10-19(2)20(16-18)17-29-24(31)28-15-6-8-21(22(28)26-29)23(30)25-11-7-14-27-12-4-3-5-13-27/h9-10,16,21H,3-8,11-15,17H2,1-2H3,(H,25,30). The lowest BCUT2D eigenvalue weighted by Crippen LogP contribution is -2.37. The normalized spacial score (nSPS) is 19.2. The summed E-state index contributed by atoms with van der Waals surface area (Å²) in [4.78, 5) is 28.3. The molecule has 1 atom stereocenters. The number of hydrogen-bond donors (Lipinski definition) is 1. The number of hydrogen-bond acceptors (Lipinski definition) is 4. The molecular weight excluding hydrogens is 390 g/mol. The van der Waals surface area contributed by atoms with Gasteiger partial charge in [0, 0.05) is 13.1 Å². The molecule has 1 aromatic heterocycles. The number of nitrogens with one attached hydrogen (secondary N) is 1. The maximum absolute atomic E-state index is 12.9. The third-order valence-corrected chi connectivity index (χ3v) is 6.68. The fraction of sp³-hybridized carbons (Fsp3) is 0.625. The summed E-state index contributed by atoms with van der Waals surface area (Å²) in [6.07, 6.45) is 6.46. The highest BCUT2D eigenvalue weighted by atomic mass is 16.2. The zero-order valence-electron chi connectivity index (χ0n) is 18.9. The van der Waals surface area contributed by atoms with Gasteiger partial charge in [-0.1, -0.05) is 30.2 Å². The lowest BCUT2D eigenvalue weighted by atomic mass is 9.98. The van der Waals surface area contributed by atoms with E-state index in [9.17, 15) is 9.59 Å². The molecule has 2 aromatic rings. The second-order valence-corrected chi connectivity index (χ2v) is 9.12. The first-order valence-corrected chi connectivity index (χ1v) is 11.8. The van der Waals surface area contributed by atoms with Crippen molar-refractivity contribution in [3.8, 4) is 0 Å². The molecule has 1 amide bonds. The molecule has 1 N–H and O–H groups in total. The van der Waals surface area contributed by atoms with Gasteiger partial charge in [-0.2, -0.15) is 5.10 Å². The van der Waals surface area contributed by atoms with Crippen LogP contribution in [0.5, 0.6) is 0 Å². The monoisotopic (exact) mass is 425 g/mol. The first-order valence-electron chi connectivity index (χ1n) is 11.8. The fourth-order valence-corrected chi connectivity index (χ4v) is 4.81. The third kappa shape index (κ3) is 5.09. The topological polar surface area (TPSA) is 72.2 Å². The van der Waals surface area contributed by atoms with E-state index in [-0.39, 0.29) is 17.5 Å². The van der Waals surface area contributed by atoms with E-state index in [0.717, 1.165) is 36.9 Å². The SMILES string of the molecule is Cc1ccc(C)c(Cn2nc3n(c2=O)CCCC3C(=O)NCCCN2CCCCC2)c1. The predicted molar refractivity (Wildman–Crippen MR) is 121 cm³/mol. The highest BCUT2D eigenvalue weighted by molar-refractivity contribution is 5.82. The maximum Gasteiger partial charge on any atom is 0.346 e. The van der Waals surface area contributed by atoms with Crippen molar-refractivity contribution in [3.05, 3.63) is 51.2 Å². The number of rotatable bonds is 7. The number of amides is 1. The number of carbonyl (C=O) groups excluding carboxylic acids is 1. The molecule has 0 bridgehead atoms. The summed E-state index contributed by atoms with van der Waals surface area (Å²) in [7, 11) is 0. The molecule has 2 aliphatic heterocycles. The molecule has 7 nitrogen and oxygen atoms in total. The molecule has 0 saturated carbocycles. The van der Waals surface area contributed by atoms with E-state index in [1.807, 2.05) is 0 Å². The average molecular weight is 426 g/mol. The number of likely N-dealkylation sites (tertiary alicyclic amines) is 1. The number of piperidine rings is 1. The molecule has 1 saturated heterocycles. The van der Waals surface area contributed by atoms with Crippen molar-refractivity contribution in [2.24, 2.45) is 0 Å². The van der Waals surface area contributed by atoms with Crippen LogP contribution in [0, 0.1) is 13.8 Å². The second kappa shape index (κ2) is 9.81. The Bertz CT molecular complexity index is 971. The zero-order chi connectivity index (χ0) is 21.8. The molecule has 1 fully saturated rings. The summed E-state index contributed by atoms with van der Waals surface area (Å²) in [5.74, 6) is 0.287. The van der Waals surface area contributed by atoms with Crippen LogP contribution in [-0.2, 0) is 17.9 Å². The Hall–Kier alpha value is -2.41. The minimum Gasteiger partial charge on any atom is -0.355 e. The minimum atomic E-state index is -0.337. The van der Waals surface area contributed by atoms with Crippen LogP contribution >= 0.6 is 0 Å². The molecule has 0 spiro atoms. The Morgan fingerprint density at radius 3 is 2.74 bits per heavy atom. The zero-order valence-corrected chi connectivity index (χ0v) is 18.9. The predicted octanol–water partition coefficient (Wildman–Crippen LogP) is 2.58. The number of aromatic nitrogens is 3. The van der Waals surface area contributed by atoms with Crippen molar-refractivity contribution in [1.29, 1.82) is 0 Å². The second-order valence-electron chi connectivity index (χ2n) is 9.12. The number of fused-ring (bicyclic) bond motifs is 1. The van der Waals surface area contributed by atoms with Gasteiger partial charge in [-0.25, -0.2) is 9.48 Å². The summed E-state index contributed by atoms with van der Waals surface area (Å²) in [5.41, 5.74) is 3.29. The Morgan fingerprint density at radius 2 is 1.94 bits per heavy atom. The highest BCUT2D eigenvalue weighted by Gasteiger charge is 2.31. The van der Waals surface area contributed by atoms with Gasteiger partial charge in [0.1, 0.15) is 5.82 Å². The molecule has 0 radical (unpaired) electrons. The Balaban J connectivity index is 1.40. The van der Waals surface area contributed by atoms with Gasteiger partial charge >= 0.3 is 5.69 Å². The minimum absolute atomic E-state index is 0.00322. The van der Waals surface area contributed by atoms with Gasteiger partial charge in [0.25, 0.3) is 0 Å². The molecule has 4 rings (SSSR count). The van der Waals surface area contributed by atoms with Crippen molar-refractivity contribution in [2.45, 2.75) is 71.4 Å². The molecule has 31 heavy (non-hydrogen) atoms. The number of carbonyl (C=O) groups is 1. The van der Waals surface area contributed by atoms with Crippen LogP contribution < -0.4 is 11.0 Å². The van der Waals surface area contributed by atoms with E-state index < -0.39 is 0 Å². The van der Waals surface area contributed by atoms with Crippen molar-refractivity contribution >= 4 is 5.91 Å². The van der Waals surface area contributed by atoms with Crippen LogP contribution in [0.1, 0.15) is 67.0 Å². The largest absolute Gasteiger partial charge is 0.355 e. The van der Waals surface area contributed by atoms with Gasteiger partial charge < -0.3 is 10.2 Å². The number of benzene rings is 1. The molecule has 3 heterocycles. The van der Waals surface area contributed by atoms with Gasteiger partial charge in [-0.15, -0.1) is 0 Å². The van der Waals surface area contributed by atoms with Crippen molar-refractivity contribution in [3.63, 3.8) is 0 Å². The van der Waals surface area contributed by atoms with Crippen LogP contribution in [-0.4, -0.2) is 51.3 Å². The smallest absolute Gasteiger partial charge is 0.346 e. The summed E-state index contributed by atoms with van der Waals surface area (Å²) >= 11 is 0. The van der Waals surface area contributed by atoms with Gasteiger partial charge in [0.2, 0.25) is 5.91 Å². The van der Waals surface area contributed by atoms with E-state index in [1.165, 1.54) is 42.6 Å². The number of aryl methyl sites for hydroxylation is 2. The van der Waals surface area contributed by atoms with E-state index in [0.29, 0.717) is 25.5 Å². The van der Waals surface area contributed by atoms with Crippen LogP contribution in [0.15, 0.2) is 23.0 Å². The average Bonchev–Trinajstić information content (AvgIpc) is 3.10. The summed E-state index contributed by atoms with van der Waals surface area (Å²) in [5, 5.41) is 7.72. The summed E-state index contributed by atoms with van der Waals surface area (Å²) < 4.78 is 3.23. The molecule has 7 heteroatoms. The summed E-state index contributed by atoms with van der Waals surface area (Å²) in [6, 6.07) is 6.25. The highest BCUT2D eigenvalue weighted by Crippen LogP contribution is 2.25. The van der Waals surface area contributed by atoms with E-state index in [2.05, 4.69) is 47.4 Å². The first kappa shape index (κ1) is 21.8. The van der Waals surface area contributed by atoms with Gasteiger partial charge in [0.05, 0.1) is 12.5 Å². The molecule has 0 aliphatic carbocycles. The van der Waals surface area contributed by atoms with Crippen LogP contribution in [0.2, 0.25) is 0 Å². The molecule has 1 unspecified atom stereocenters. The van der Waals surface area contributed by atoms with Gasteiger partial charge in [-0.05, 0) is 76.7 Å². The Morgan fingerprint density at radius 1 is 1.13 bits per heavy atom. The lowest BCUT2D eigenvalue weighted by molar-refractivity contribution is -0.123. The van der Waals surface area contributed by atoms with Gasteiger partial charge in [0.15, 0.2) is 0 Å². The van der Waals surface area contributed by atoms with Crippen molar-refractivity contribution < 1.29 is 4.79 Å².